The first-order valence-electron chi connectivity index (χ1n) is 9.73. The molecule has 28 heavy (non-hydrogen) atoms. The summed E-state index contributed by atoms with van der Waals surface area (Å²) in [7, 11) is 1.48. The van der Waals surface area contributed by atoms with Crippen LogP contribution in [0, 0.1) is 10.8 Å². The number of aliphatic hydroxyl groups excluding tert-OH is 1. The number of fused-ring (bicyclic) bond motifs is 1. The van der Waals surface area contributed by atoms with Crippen molar-refractivity contribution in [3.8, 4) is 0 Å². The van der Waals surface area contributed by atoms with Gasteiger partial charge in [-0.15, -0.1) is 0 Å². The monoisotopic (exact) mass is 394 g/mol. The number of hydrogen-bond donors (Lipinski definition) is 1. The maximum Gasteiger partial charge on any atom is 0.205 e. The molecule has 0 aromatic carbocycles. The zero-order valence-electron chi connectivity index (χ0n) is 18.6. The van der Waals surface area contributed by atoms with Crippen LogP contribution in [0.25, 0.3) is 0 Å². The van der Waals surface area contributed by atoms with Crippen molar-refractivity contribution in [3.63, 3.8) is 0 Å². The summed E-state index contributed by atoms with van der Waals surface area (Å²) in [5.74, 6) is 0.806. The van der Waals surface area contributed by atoms with Crippen molar-refractivity contribution in [1.29, 1.82) is 0 Å². The molecule has 0 radical (unpaired) electrons. The zero-order chi connectivity index (χ0) is 21.7. The third-order valence-corrected chi connectivity index (χ3v) is 5.65. The van der Waals surface area contributed by atoms with Crippen molar-refractivity contribution in [2.75, 3.05) is 7.11 Å². The normalized spacial score (nSPS) is 30.4. The van der Waals surface area contributed by atoms with Gasteiger partial charge >= 0.3 is 0 Å². The molecule has 1 heterocycles. The number of carbonyl (C=O) groups excluding carboxylic acids is 2. The highest BCUT2D eigenvalue weighted by Gasteiger charge is 2.48. The lowest BCUT2D eigenvalue weighted by Crippen LogP contribution is -2.37. The largest absolute Gasteiger partial charge is 0.498 e. The van der Waals surface area contributed by atoms with Crippen molar-refractivity contribution in [2.24, 2.45) is 10.8 Å². The first-order valence-corrected chi connectivity index (χ1v) is 9.73. The second kappa shape index (κ2) is 7.30. The number of ether oxygens (including phenoxy) is 3. The fraction of sp³-hybridized carbons (Fsp3) is 0.727. The van der Waals surface area contributed by atoms with Gasteiger partial charge in [0.05, 0.1) is 7.11 Å². The Bertz CT molecular complexity index is 738. The summed E-state index contributed by atoms with van der Waals surface area (Å²) in [6.45, 7) is 14.9. The van der Waals surface area contributed by atoms with E-state index < -0.39 is 17.3 Å². The molecule has 1 aliphatic heterocycles. The van der Waals surface area contributed by atoms with E-state index in [4.69, 9.17) is 14.2 Å². The summed E-state index contributed by atoms with van der Waals surface area (Å²) in [5.41, 5.74) is 0.473. The highest BCUT2D eigenvalue weighted by molar-refractivity contribution is 6.01. The summed E-state index contributed by atoms with van der Waals surface area (Å²) in [6, 6.07) is 0. The number of methoxy groups -OCH3 is 1. The van der Waals surface area contributed by atoms with Crippen LogP contribution in [0.2, 0.25) is 0 Å². The third-order valence-electron chi connectivity index (χ3n) is 5.65. The van der Waals surface area contributed by atoms with Crippen molar-refractivity contribution >= 4 is 11.6 Å². The Morgan fingerprint density at radius 2 is 1.43 bits per heavy atom. The summed E-state index contributed by atoms with van der Waals surface area (Å²) in [4.78, 5) is 23.7. The summed E-state index contributed by atoms with van der Waals surface area (Å²) in [6.07, 6.45) is 0.458. The Labute approximate surface area is 167 Å². The Morgan fingerprint density at radius 1 is 0.929 bits per heavy atom. The average molecular weight is 395 g/mol. The summed E-state index contributed by atoms with van der Waals surface area (Å²) < 4.78 is 16.4. The van der Waals surface area contributed by atoms with Crippen molar-refractivity contribution in [2.45, 2.75) is 86.2 Å². The van der Waals surface area contributed by atoms with Crippen LogP contribution in [-0.4, -0.2) is 41.8 Å². The third kappa shape index (κ3) is 4.18. The molecular formula is C22H34O6. The van der Waals surface area contributed by atoms with Crippen LogP contribution in [0.4, 0.5) is 0 Å². The molecule has 2 atom stereocenters. The van der Waals surface area contributed by atoms with E-state index >= 15 is 0 Å². The van der Waals surface area contributed by atoms with E-state index in [9.17, 15) is 14.7 Å². The van der Waals surface area contributed by atoms with Gasteiger partial charge in [-0.1, -0.05) is 27.7 Å². The predicted molar refractivity (Wildman–Crippen MR) is 105 cm³/mol. The lowest BCUT2D eigenvalue weighted by atomic mass is 9.74. The maximum absolute atomic E-state index is 12.0. The van der Waals surface area contributed by atoms with Gasteiger partial charge in [0.25, 0.3) is 0 Å². The lowest BCUT2D eigenvalue weighted by molar-refractivity contribution is -0.139. The van der Waals surface area contributed by atoms with Gasteiger partial charge in [-0.05, 0) is 26.7 Å². The minimum atomic E-state index is -0.641. The molecule has 6 heteroatoms. The fourth-order valence-electron chi connectivity index (χ4n) is 4.21. The van der Waals surface area contributed by atoms with Gasteiger partial charge in [0.2, 0.25) is 5.79 Å². The van der Waals surface area contributed by atoms with E-state index in [-0.39, 0.29) is 23.1 Å². The molecule has 0 unspecified atom stereocenters. The Balaban J connectivity index is 0.000000203. The number of rotatable bonds is 1. The molecule has 3 rings (SSSR count). The quantitative estimate of drug-likeness (QED) is 0.731. The van der Waals surface area contributed by atoms with Crippen molar-refractivity contribution in [3.05, 3.63) is 22.7 Å². The van der Waals surface area contributed by atoms with E-state index in [1.807, 2.05) is 48.5 Å². The molecule has 0 amide bonds. The minimum Gasteiger partial charge on any atom is -0.498 e. The number of ketones is 2. The Hall–Kier alpha value is -1.66. The van der Waals surface area contributed by atoms with E-state index in [1.165, 1.54) is 7.11 Å². The van der Waals surface area contributed by atoms with Gasteiger partial charge in [-0.25, -0.2) is 0 Å². The molecule has 3 aliphatic rings. The highest BCUT2D eigenvalue weighted by Crippen LogP contribution is 2.44. The molecule has 2 aliphatic carbocycles. The van der Waals surface area contributed by atoms with Gasteiger partial charge in [0, 0.05) is 35.8 Å². The number of Topliss-reactive ketones (excluding diaryl/α,β-unsaturated/α-hetero) is 2. The molecule has 158 valence electrons. The molecule has 1 fully saturated rings. The predicted octanol–water partition coefficient (Wildman–Crippen LogP) is 3.68. The second-order valence-electron chi connectivity index (χ2n) is 9.64. The van der Waals surface area contributed by atoms with Gasteiger partial charge in [0.15, 0.2) is 11.6 Å². The molecule has 1 saturated heterocycles. The lowest BCUT2D eigenvalue weighted by Gasteiger charge is -2.32. The Kier molecular flexibility index (Phi) is 5.90. The van der Waals surface area contributed by atoms with E-state index in [0.717, 1.165) is 11.3 Å². The summed E-state index contributed by atoms with van der Waals surface area (Å²) in [5, 5.41) is 9.66. The molecular weight excluding hydrogens is 360 g/mol. The molecule has 0 aromatic rings. The zero-order valence-corrected chi connectivity index (χ0v) is 18.6. The number of hydrogen-bond acceptors (Lipinski definition) is 6. The second-order valence-corrected chi connectivity index (χ2v) is 9.64. The first-order chi connectivity index (χ1) is 12.6. The Morgan fingerprint density at radius 3 is 1.96 bits per heavy atom. The molecule has 0 spiro atoms. The smallest absolute Gasteiger partial charge is 0.205 e. The number of allylic oxidation sites excluding steroid dienone is 2. The van der Waals surface area contributed by atoms with Gasteiger partial charge in [-0.2, -0.15) is 0 Å². The van der Waals surface area contributed by atoms with Gasteiger partial charge in [-0.3, -0.25) is 9.59 Å². The van der Waals surface area contributed by atoms with Gasteiger partial charge in [0.1, 0.15) is 23.7 Å². The summed E-state index contributed by atoms with van der Waals surface area (Å²) >= 11 is 0. The average Bonchev–Trinajstić information content (AvgIpc) is 2.85. The standard InChI is InChI=1S/C12H18O3.C10H16O3/c1-7-9-8(14-12(4,5)15-9)6-11(2,3)10(7)13;1-6-8(13-4)7(11)5-10(2,3)9(6)12/h8H,6H2,1-5H3;7,11H,5H2,1-4H3/t8-;7-/m00/s1. The molecule has 0 saturated carbocycles. The van der Waals surface area contributed by atoms with E-state index in [2.05, 4.69) is 0 Å². The van der Waals surface area contributed by atoms with E-state index in [1.54, 1.807) is 6.92 Å². The molecule has 6 nitrogen and oxygen atoms in total. The van der Waals surface area contributed by atoms with Crippen LogP contribution in [0.3, 0.4) is 0 Å². The van der Waals surface area contributed by atoms with Crippen molar-refractivity contribution in [1.82, 2.24) is 0 Å². The van der Waals surface area contributed by atoms with Crippen LogP contribution in [0.1, 0.15) is 68.2 Å². The van der Waals surface area contributed by atoms with E-state index in [0.29, 0.717) is 24.2 Å². The van der Waals surface area contributed by atoms with Crippen LogP contribution < -0.4 is 0 Å². The van der Waals surface area contributed by atoms with Crippen LogP contribution in [0.5, 0.6) is 0 Å². The molecule has 0 bridgehead atoms. The SMILES string of the molecule is CC1=C2OC(C)(C)O[C@H]2CC(C)(C)C1=O.COC1=C(C)C(=O)C(C)(C)C[C@@H]1O. The fourth-order valence-corrected chi connectivity index (χ4v) is 4.21. The van der Waals surface area contributed by atoms with Crippen LogP contribution >= 0.6 is 0 Å². The van der Waals surface area contributed by atoms with Gasteiger partial charge < -0.3 is 19.3 Å². The van der Waals surface area contributed by atoms with Crippen LogP contribution in [0.15, 0.2) is 22.7 Å². The number of aliphatic hydroxyl groups is 1. The van der Waals surface area contributed by atoms with Crippen molar-refractivity contribution < 1.29 is 28.9 Å². The number of carbonyl (C=O) groups is 2. The first kappa shape index (κ1) is 22.6. The maximum atomic E-state index is 12.0. The highest BCUT2D eigenvalue weighted by atomic mass is 16.7. The minimum absolute atomic E-state index is 0.0484. The topological polar surface area (TPSA) is 82.1 Å². The molecule has 0 aromatic heterocycles. The molecule has 1 N–H and O–H groups in total. The van der Waals surface area contributed by atoms with Crippen LogP contribution in [-0.2, 0) is 23.8 Å².